The number of hydrogen-bond donors (Lipinski definition) is 1. The van der Waals surface area contributed by atoms with Crippen molar-refractivity contribution in [1.29, 1.82) is 0 Å². The molecule has 1 aromatic heterocycles. The number of thiophene rings is 1. The maximum Gasteiger partial charge on any atom is 0.304 e. The number of aryl methyl sites for hydroxylation is 1. The third-order valence-electron chi connectivity index (χ3n) is 6.14. The Labute approximate surface area is 208 Å². The maximum absolute atomic E-state index is 14.9. The number of rotatable bonds is 10. The second kappa shape index (κ2) is 10.9. The van der Waals surface area contributed by atoms with Crippen molar-refractivity contribution in [2.45, 2.75) is 45.2 Å². The van der Waals surface area contributed by atoms with Crippen LogP contribution >= 0.6 is 11.3 Å². The Kier molecular flexibility index (Phi) is 7.86. The molecule has 8 heteroatoms. The lowest BCUT2D eigenvalue weighted by atomic mass is 9.91. The lowest BCUT2D eigenvalue weighted by Gasteiger charge is -2.21. The van der Waals surface area contributed by atoms with Crippen LogP contribution in [0, 0.1) is 12.7 Å². The molecule has 2 heterocycles. The molecule has 0 spiro atoms. The van der Waals surface area contributed by atoms with Crippen LogP contribution in [0.1, 0.15) is 51.3 Å². The molecule has 0 radical (unpaired) electrons. The summed E-state index contributed by atoms with van der Waals surface area (Å²) in [6.07, 6.45) is -0.160. The molecule has 0 amide bonds. The van der Waals surface area contributed by atoms with E-state index in [0.29, 0.717) is 36.2 Å². The number of aliphatic carboxylic acids is 1. The lowest BCUT2D eigenvalue weighted by Crippen LogP contribution is -2.22. The van der Waals surface area contributed by atoms with E-state index in [1.54, 1.807) is 14.0 Å². The van der Waals surface area contributed by atoms with Crippen molar-refractivity contribution in [3.05, 3.63) is 86.4 Å². The zero-order valence-electron chi connectivity index (χ0n) is 20.0. The molecule has 1 aliphatic rings. The van der Waals surface area contributed by atoms with Crippen molar-refractivity contribution in [2.24, 2.45) is 0 Å². The van der Waals surface area contributed by atoms with Crippen molar-refractivity contribution in [2.75, 3.05) is 20.3 Å². The Morgan fingerprint density at radius 2 is 1.86 bits per heavy atom. The molecule has 0 bridgehead atoms. The largest absolute Gasteiger partial charge is 0.497 e. The van der Waals surface area contributed by atoms with E-state index in [1.807, 2.05) is 49.4 Å². The van der Waals surface area contributed by atoms with E-state index in [4.69, 9.17) is 18.9 Å². The van der Waals surface area contributed by atoms with Crippen molar-refractivity contribution in [3.63, 3.8) is 0 Å². The van der Waals surface area contributed by atoms with Crippen LogP contribution in [-0.4, -0.2) is 31.4 Å². The number of benzene rings is 2. The molecule has 35 heavy (non-hydrogen) atoms. The Bertz CT molecular complexity index is 1170. The standard InChI is InChI=1S/C27H29FO6S/c1-17-4-7-19(12-20(17)16-32-15-18-5-8-21(31-3)9-6-18)22(13-25(29)30)24-14-23(28)26(35-24)27(2)33-10-11-34-27/h4-9,12,14,22H,10-11,13,15-16H2,1-3H3,(H,29,30). The Hall–Kier alpha value is -2.78. The molecule has 1 fully saturated rings. The van der Waals surface area contributed by atoms with E-state index in [1.165, 1.54) is 17.4 Å². The highest BCUT2D eigenvalue weighted by atomic mass is 32.1. The summed E-state index contributed by atoms with van der Waals surface area (Å²) in [6.45, 7) is 5.26. The minimum Gasteiger partial charge on any atom is -0.497 e. The minimum absolute atomic E-state index is 0.160. The van der Waals surface area contributed by atoms with E-state index in [0.717, 1.165) is 28.0 Å². The number of carboxylic acid groups (broad SMARTS) is 1. The predicted molar refractivity (Wildman–Crippen MR) is 130 cm³/mol. The van der Waals surface area contributed by atoms with Gasteiger partial charge in [0.15, 0.2) is 0 Å². The third kappa shape index (κ3) is 5.90. The molecule has 1 atom stereocenters. The Morgan fingerprint density at radius 3 is 2.51 bits per heavy atom. The molecule has 186 valence electrons. The zero-order valence-corrected chi connectivity index (χ0v) is 20.8. The minimum atomic E-state index is -1.14. The first kappa shape index (κ1) is 25.3. The summed E-state index contributed by atoms with van der Waals surface area (Å²) in [5.74, 6) is -2.27. The highest BCUT2D eigenvalue weighted by Gasteiger charge is 2.38. The van der Waals surface area contributed by atoms with Crippen molar-refractivity contribution in [1.82, 2.24) is 0 Å². The lowest BCUT2D eigenvalue weighted by molar-refractivity contribution is -0.148. The molecular formula is C27H29FO6S. The van der Waals surface area contributed by atoms with Gasteiger partial charge >= 0.3 is 5.97 Å². The fraction of sp³-hybridized carbons (Fsp3) is 0.370. The first-order valence-corrected chi connectivity index (χ1v) is 12.2. The average molecular weight is 501 g/mol. The van der Waals surface area contributed by atoms with Crippen LogP contribution in [0.25, 0.3) is 0 Å². The van der Waals surface area contributed by atoms with Crippen LogP contribution < -0.4 is 4.74 Å². The number of ether oxygens (including phenoxy) is 4. The van der Waals surface area contributed by atoms with Gasteiger partial charge in [0.05, 0.1) is 44.8 Å². The number of hydrogen-bond acceptors (Lipinski definition) is 6. The fourth-order valence-corrected chi connectivity index (χ4v) is 5.35. The van der Waals surface area contributed by atoms with E-state index >= 15 is 0 Å². The van der Waals surface area contributed by atoms with Crippen LogP contribution in [0.3, 0.4) is 0 Å². The van der Waals surface area contributed by atoms with E-state index in [9.17, 15) is 14.3 Å². The molecule has 0 aliphatic carbocycles. The highest BCUT2D eigenvalue weighted by molar-refractivity contribution is 7.12. The van der Waals surface area contributed by atoms with Crippen LogP contribution in [0.4, 0.5) is 4.39 Å². The van der Waals surface area contributed by atoms with Gasteiger partial charge in [-0.15, -0.1) is 11.3 Å². The van der Waals surface area contributed by atoms with Gasteiger partial charge in [0, 0.05) is 10.8 Å². The van der Waals surface area contributed by atoms with Gasteiger partial charge in [0.2, 0.25) is 5.79 Å². The quantitative estimate of drug-likeness (QED) is 0.382. The molecule has 4 rings (SSSR count). The van der Waals surface area contributed by atoms with Crippen molar-refractivity contribution >= 4 is 17.3 Å². The summed E-state index contributed by atoms with van der Waals surface area (Å²) in [5.41, 5.74) is 3.82. The normalized spacial score (nSPS) is 15.8. The molecule has 3 aromatic rings. The summed E-state index contributed by atoms with van der Waals surface area (Å²) in [4.78, 5) is 12.7. The number of carboxylic acids is 1. The summed E-state index contributed by atoms with van der Waals surface area (Å²) in [5, 5.41) is 9.60. The first-order valence-electron chi connectivity index (χ1n) is 11.4. The van der Waals surface area contributed by atoms with Gasteiger partial charge in [-0.25, -0.2) is 4.39 Å². The van der Waals surface area contributed by atoms with E-state index in [2.05, 4.69) is 0 Å². The van der Waals surface area contributed by atoms with Gasteiger partial charge in [-0.1, -0.05) is 30.3 Å². The smallest absolute Gasteiger partial charge is 0.304 e. The maximum atomic E-state index is 14.9. The fourth-order valence-electron chi connectivity index (χ4n) is 4.14. The molecule has 6 nitrogen and oxygen atoms in total. The topological polar surface area (TPSA) is 74.2 Å². The summed E-state index contributed by atoms with van der Waals surface area (Å²) in [7, 11) is 1.63. The van der Waals surface area contributed by atoms with Crippen molar-refractivity contribution in [3.8, 4) is 5.75 Å². The van der Waals surface area contributed by atoms with Gasteiger partial charge in [-0.3, -0.25) is 4.79 Å². The monoisotopic (exact) mass is 500 g/mol. The van der Waals surface area contributed by atoms with Crippen LogP contribution in [-0.2, 0) is 38.0 Å². The molecule has 0 saturated carbocycles. The van der Waals surface area contributed by atoms with Gasteiger partial charge in [-0.05, 0) is 54.3 Å². The second-order valence-electron chi connectivity index (χ2n) is 8.65. The second-order valence-corrected chi connectivity index (χ2v) is 9.73. The summed E-state index contributed by atoms with van der Waals surface area (Å²) >= 11 is 1.20. The van der Waals surface area contributed by atoms with Gasteiger partial charge in [-0.2, -0.15) is 0 Å². The molecule has 1 unspecified atom stereocenters. The SMILES string of the molecule is COc1ccc(COCc2cc(C(CC(=O)O)c3cc(F)c(C4(C)OCCO4)s3)ccc2C)cc1. The van der Waals surface area contributed by atoms with E-state index < -0.39 is 23.5 Å². The third-order valence-corrected chi connectivity index (χ3v) is 7.55. The van der Waals surface area contributed by atoms with Gasteiger partial charge in [0.1, 0.15) is 11.6 Å². The Balaban J connectivity index is 1.55. The predicted octanol–water partition coefficient (Wildman–Crippen LogP) is 5.75. The van der Waals surface area contributed by atoms with Crippen LogP contribution in [0.15, 0.2) is 48.5 Å². The number of carbonyl (C=O) groups is 1. The number of halogens is 1. The molecule has 1 N–H and O–H groups in total. The van der Waals surface area contributed by atoms with Crippen LogP contribution in [0.5, 0.6) is 5.75 Å². The average Bonchev–Trinajstić information content (AvgIpc) is 3.45. The molecule has 1 saturated heterocycles. The molecular weight excluding hydrogens is 471 g/mol. The van der Waals surface area contributed by atoms with Crippen molar-refractivity contribution < 1.29 is 33.2 Å². The van der Waals surface area contributed by atoms with Gasteiger partial charge < -0.3 is 24.1 Å². The summed E-state index contributed by atoms with van der Waals surface area (Å²) in [6, 6.07) is 14.9. The zero-order chi connectivity index (χ0) is 25.0. The Morgan fingerprint density at radius 1 is 1.14 bits per heavy atom. The first-order chi connectivity index (χ1) is 16.8. The molecule has 1 aliphatic heterocycles. The summed E-state index contributed by atoms with van der Waals surface area (Å²) < 4.78 is 37.3. The number of methoxy groups -OCH3 is 1. The van der Waals surface area contributed by atoms with Crippen LogP contribution in [0.2, 0.25) is 0 Å². The van der Waals surface area contributed by atoms with Gasteiger partial charge in [0.25, 0.3) is 0 Å². The molecule has 2 aromatic carbocycles. The van der Waals surface area contributed by atoms with E-state index in [-0.39, 0.29) is 6.42 Å². The highest BCUT2D eigenvalue weighted by Crippen LogP contribution is 2.42.